The number of furan rings is 1. The highest BCUT2D eigenvalue weighted by atomic mass is 16.4. The number of rotatable bonds is 8. The molecule has 3 rings (SSSR count). The Bertz CT molecular complexity index is 988. The Labute approximate surface area is 158 Å². The second kappa shape index (κ2) is 8.20. The number of nitrogens with one attached hydrogen (secondary N) is 2. The van der Waals surface area contributed by atoms with E-state index in [0.717, 1.165) is 0 Å². The Morgan fingerprint density at radius 3 is 2.79 bits per heavy atom. The molecule has 0 aliphatic heterocycles. The van der Waals surface area contributed by atoms with E-state index in [-0.39, 0.29) is 36.6 Å². The van der Waals surface area contributed by atoms with E-state index in [9.17, 15) is 14.4 Å². The number of anilines is 1. The van der Waals surface area contributed by atoms with Crippen molar-refractivity contribution in [2.75, 3.05) is 5.32 Å². The molecule has 3 aromatic heterocycles. The van der Waals surface area contributed by atoms with Gasteiger partial charge in [-0.05, 0) is 18.2 Å². The van der Waals surface area contributed by atoms with Crippen LogP contribution < -0.4 is 10.6 Å². The summed E-state index contributed by atoms with van der Waals surface area (Å²) >= 11 is 0. The van der Waals surface area contributed by atoms with E-state index >= 15 is 0 Å². The van der Waals surface area contributed by atoms with Crippen molar-refractivity contribution in [3.63, 3.8) is 0 Å². The van der Waals surface area contributed by atoms with Crippen LogP contribution in [0.4, 0.5) is 5.69 Å². The number of hydrogen-bond acceptors (Lipinski definition) is 6. The van der Waals surface area contributed by atoms with E-state index in [1.165, 1.54) is 34.1 Å². The van der Waals surface area contributed by atoms with Gasteiger partial charge in [0.2, 0.25) is 0 Å². The van der Waals surface area contributed by atoms with Crippen LogP contribution in [0.15, 0.2) is 41.3 Å². The van der Waals surface area contributed by atoms with Crippen molar-refractivity contribution < 1.29 is 23.9 Å². The summed E-state index contributed by atoms with van der Waals surface area (Å²) in [7, 11) is 1.58. The van der Waals surface area contributed by atoms with Gasteiger partial charge in [0.25, 0.3) is 11.8 Å². The molecule has 0 aromatic carbocycles. The van der Waals surface area contributed by atoms with Crippen LogP contribution in [-0.4, -0.2) is 42.5 Å². The highest BCUT2D eigenvalue weighted by molar-refractivity contribution is 6.07. The van der Waals surface area contributed by atoms with Gasteiger partial charge in [-0.15, -0.1) is 0 Å². The van der Waals surface area contributed by atoms with Gasteiger partial charge in [0.15, 0.2) is 5.69 Å². The quantitative estimate of drug-likeness (QED) is 0.521. The first kappa shape index (κ1) is 18.9. The molecule has 3 N–H and O–H groups in total. The SMILES string of the molecule is Cn1ncc(NC(=O)c2ccn(CCC(=O)O)n2)c1C(=O)NCc1ccco1. The van der Waals surface area contributed by atoms with Crippen molar-refractivity contribution in [1.82, 2.24) is 24.9 Å². The number of aryl methyl sites for hydroxylation is 2. The van der Waals surface area contributed by atoms with Crippen molar-refractivity contribution in [1.29, 1.82) is 0 Å². The number of aliphatic carboxylic acids is 1. The van der Waals surface area contributed by atoms with Gasteiger partial charge < -0.3 is 20.2 Å². The predicted octanol–water partition coefficient (Wildman–Crippen LogP) is 0.867. The highest BCUT2D eigenvalue weighted by Gasteiger charge is 2.20. The lowest BCUT2D eigenvalue weighted by Crippen LogP contribution is -2.26. The molecule has 0 aliphatic carbocycles. The van der Waals surface area contributed by atoms with E-state index in [1.807, 2.05) is 0 Å². The van der Waals surface area contributed by atoms with Crippen LogP contribution in [0.3, 0.4) is 0 Å². The molecule has 0 aliphatic rings. The number of carbonyl (C=O) groups excluding carboxylic acids is 2. The minimum absolute atomic E-state index is 0.0937. The van der Waals surface area contributed by atoms with E-state index < -0.39 is 17.8 Å². The van der Waals surface area contributed by atoms with Gasteiger partial charge in [-0.3, -0.25) is 23.7 Å². The number of aromatic nitrogens is 4. The minimum atomic E-state index is -0.956. The summed E-state index contributed by atoms with van der Waals surface area (Å²) in [6, 6.07) is 4.91. The third-order valence-corrected chi connectivity index (χ3v) is 3.83. The topological polar surface area (TPSA) is 144 Å². The fourth-order valence-corrected chi connectivity index (χ4v) is 2.47. The van der Waals surface area contributed by atoms with Crippen molar-refractivity contribution >= 4 is 23.5 Å². The molecule has 0 spiro atoms. The van der Waals surface area contributed by atoms with Gasteiger partial charge in [-0.25, -0.2) is 0 Å². The van der Waals surface area contributed by atoms with Crippen LogP contribution in [0.2, 0.25) is 0 Å². The molecule has 0 unspecified atom stereocenters. The molecule has 11 nitrogen and oxygen atoms in total. The van der Waals surface area contributed by atoms with E-state index in [1.54, 1.807) is 19.2 Å². The molecule has 0 fully saturated rings. The molecule has 11 heteroatoms. The molecule has 2 amide bonds. The lowest BCUT2D eigenvalue weighted by molar-refractivity contribution is -0.137. The Morgan fingerprint density at radius 2 is 2.07 bits per heavy atom. The van der Waals surface area contributed by atoms with Crippen molar-refractivity contribution in [2.24, 2.45) is 7.05 Å². The number of carboxylic acids is 1. The molecule has 0 radical (unpaired) electrons. The van der Waals surface area contributed by atoms with Gasteiger partial charge in [0.05, 0.1) is 37.7 Å². The lowest BCUT2D eigenvalue weighted by atomic mass is 10.3. The van der Waals surface area contributed by atoms with Gasteiger partial charge in [-0.1, -0.05) is 0 Å². The minimum Gasteiger partial charge on any atom is -0.481 e. The average molecular weight is 386 g/mol. The van der Waals surface area contributed by atoms with Crippen LogP contribution in [0.5, 0.6) is 0 Å². The molecule has 3 aromatic rings. The van der Waals surface area contributed by atoms with Gasteiger partial charge in [-0.2, -0.15) is 10.2 Å². The van der Waals surface area contributed by atoms with Crippen molar-refractivity contribution in [3.05, 3.63) is 54.0 Å². The molecule has 28 heavy (non-hydrogen) atoms. The maximum absolute atomic E-state index is 12.5. The number of hydrogen-bond donors (Lipinski definition) is 3. The molecular formula is C17H18N6O5. The van der Waals surface area contributed by atoms with Crippen LogP contribution in [0, 0.1) is 0 Å². The molecule has 0 atom stereocenters. The molecule has 3 heterocycles. The average Bonchev–Trinajstić information content (AvgIpc) is 3.39. The van der Waals surface area contributed by atoms with E-state index in [4.69, 9.17) is 9.52 Å². The summed E-state index contributed by atoms with van der Waals surface area (Å²) in [5.74, 6) is -1.34. The first-order valence-electron chi connectivity index (χ1n) is 8.33. The normalized spacial score (nSPS) is 10.6. The summed E-state index contributed by atoms with van der Waals surface area (Å²) in [6.45, 7) is 0.342. The Balaban J connectivity index is 1.66. The standard InChI is InChI=1S/C17H18N6O5/c1-22-15(17(27)18-9-11-3-2-8-28-11)13(10-19-22)20-16(26)12-4-6-23(21-12)7-5-14(24)25/h2-4,6,8,10H,5,7,9H2,1H3,(H,18,27)(H,20,26)(H,24,25). The third-order valence-electron chi connectivity index (χ3n) is 3.83. The van der Waals surface area contributed by atoms with E-state index in [0.29, 0.717) is 5.76 Å². The zero-order chi connectivity index (χ0) is 20.1. The molecule has 0 saturated carbocycles. The summed E-state index contributed by atoms with van der Waals surface area (Å²) < 4.78 is 7.88. The first-order valence-corrected chi connectivity index (χ1v) is 8.33. The third kappa shape index (κ3) is 4.44. The Morgan fingerprint density at radius 1 is 1.25 bits per heavy atom. The fraction of sp³-hybridized carbons (Fsp3) is 0.235. The monoisotopic (exact) mass is 386 g/mol. The number of nitrogens with zero attached hydrogens (tertiary/aromatic N) is 4. The highest BCUT2D eigenvalue weighted by Crippen LogP contribution is 2.15. The molecule has 0 bridgehead atoms. The molecule has 0 saturated heterocycles. The number of carboxylic acid groups (broad SMARTS) is 1. The van der Waals surface area contributed by atoms with Crippen LogP contribution >= 0.6 is 0 Å². The smallest absolute Gasteiger partial charge is 0.305 e. The fourth-order valence-electron chi connectivity index (χ4n) is 2.47. The van der Waals surface area contributed by atoms with Crippen LogP contribution in [0.1, 0.15) is 33.2 Å². The maximum atomic E-state index is 12.5. The Hall–Kier alpha value is -3.89. The lowest BCUT2D eigenvalue weighted by Gasteiger charge is -2.07. The zero-order valence-electron chi connectivity index (χ0n) is 15.0. The second-order valence-corrected chi connectivity index (χ2v) is 5.85. The van der Waals surface area contributed by atoms with Gasteiger partial charge >= 0.3 is 5.97 Å². The summed E-state index contributed by atoms with van der Waals surface area (Å²) in [6.07, 6.45) is 4.28. The van der Waals surface area contributed by atoms with Gasteiger partial charge in [0, 0.05) is 13.2 Å². The van der Waals surface area contributed by atoms with Crippen LogP contribution in [-0.2, 0) is 24.9 Å². The first-order chi connectivity index (χ1) is 13.4. The molecule has 146 valence electrons. The maximum Gasteiger partial charge on any atom is 0.305 e. The zero-order valence-corrected chi connectivity index (χ0v) is 15.0. The van der Waals surface area contributed by atoms with E-state index in [2.05, 4.69) is 20.8 Å². The summed E-state index contributed by atoms with van der Waals surface area (Å²) in [5, 5.41) is 22.0. The summed E-state index contributed by atoms with van der Waals surface area (Å²) in [4.78, 5) is 35.5. The molecular weight excluding hydrogens is 368 g/mol. The summed E-state index contributed by atoms with van der Waals surface area (Å²) in [5.41, 5.74) is 0.492. The predicted molar refractivity (Wildman–Crippen MR) is 95.5 cm³/mol. The van der Waals surface area contributed by atoms with Crippen LogP contribution in [0.25, 0.3) is 0 Å². The largest absolute Gasteiger partial charge is 0.481 e. The van der Waals surface area contributed by atoms with Crippen molar-refractivity contribution in [2.45, 2.75) is 19.5 Å². The van der Waals surface area contributed by atoms with Gasteiger partial charge in [0.1, 0.15) is 11.5 Å². The number of amides is 2. The number of carbonyl (C=O) groups is 3. The second-order valence-electron chi connectivity index (χ2n) is 5.85. The Kier molecular flexibility index (Phi) is 5.53. The van der Waals surface area contributed by atoms with Crippen molar-refractivity contribution in [3.8, 4) is 0 Å².